The molecule has 1 rings (SSSR count). The van der Waals surface area contributed by atoms with E-state index in [0.29, 0.717) is 5.92 Å². The van der Waals surface area contributed by atoms with Gasteiger partial charge < -0.3 is 10.2 Å². The lowest BCUT2D eigenvalue weighted by Crippen LogP contribution is -2.17. The summed E-state index contributed by atoms with van der Waals surface area (Å²) >= 11 is 0. The van der Waals surface area contributed by atoms with Crippen LogP contribution in [0, 0.1) is 5.92 Å². The molecule has 108 valence electrons. The third-order valence-electron chi connectivity index (χ3n) is 4.17. The molecule has 0 saturated heterocycles. The van der Waals surface area contributed by atoms with Crippen molar-refractivity contribution in [3.05, 3.63) is 0 Å². The molecule has 0 aromatic rings. The van der Waals surface area contributed by atoms with E-state index < -0.39 is 0 Å². The zero-order chi connectivity index (χ0) is 13.2. The van der Waals surface area contributed by atoms with E-state index in [1.165, 1.54) is 38.5 Å². The lowest BCUT2D eigenvalue weighted by molar-refractivity contribution is 0.0966. The average Bonchev–Trinajstić information content (AvgIpc) is 2.30. The fraction of sp³-hybridized carbons (Fsp3) is 1.00. The van der Waals surface area contributed by atoms with Gasteiger partial charge in [0.25, 0.3) is 0 Å². The third-order valence-corrected chi connectivity index (χ3v) is 4.17. The van der Waals surface area contributed by atoms with Gasteiger partial charge >= 0.3 is 0 Å². The van der Waals surface area contributed by atoms with Gasteiger partial charge in [0.05, 0.1) is 12.2 Å². The Labute approximate surface area is 113 Å². The first-order chi connectivity index (χ1) is 8.68. The molecule has 0 aliphatic heterocycles. The van der Waals surface area contributed by atoms with Gasteiger partial charge in [0.15, 0.2) is 0 Å². The highest BCUT2D eigenvalue weighted by Crippen LogP contribution is 2.20. The minimum absolute atomic E-state index is 0.155. The molecule has 1 aliphatic rings. The second-order valence-electron chi connectivity index (χ2n) is 6.29. The van der Waals surface area contributed by atoms with Crippen molar-refractivity contribution in [2.75, 3.05) is 0 Å². The summed E-state index contributed by atoms with van der Waals surface area (Å²) in [5.41, 5.74) is 0. The van der Waals surface area contributed by atoms with Crippen molar-refractivity contribution in [3.63, 3.8) is 0 Å². The van der Waals surface area contributed by atoms with E-state index in [9.17, 15) is 10.2 Å². The molecular formula is C16H32O2. The summed E-state index contributed by atoms with van der Waals surface area (Å²) in [6, 6.07) is 0. The first-order valence-corrected chi connectivity index (χ1v) is 8.04. The van der Waals surface area contributed by atoms with E-state index >= 15 is 0 Å². The Morgan fingerprint density at radius 1 is 0.611 bits per heavy atom. The molecule has 18 heavy (non-hydrogen) atoms. The lowest BCUT2D eigenvalue weighted by Gasteiger charge is -2.19. The summed E-state index contributed by atoms with van der Waals surface area (Å²) in [4.78, 5) is 0. The Bertz CT molecular complexity index is 174. The van der Waals surface area contributed by atoms with E-state index in [1.54, 1.807) is 0 Å². The number of rotatable bonds is 0. The molecule has 2 N–H and O–H groups in total. The molecule has 0 radical (unpaired) electrons. The van der Waals surface area contributed by atoms with Crippen molar-refractivity contribution in [2.45, 2.75) is 96.2 Å². The summed E-state index contributed by atoms with van der Waals surface area (Å²) in [7, 11) is 0. The van der Waals surface area contributed by atoms with Gasteiger partial charge in [-0.2, -0.15) is 0 Å². The molecule has 2 atom stereocenters. The quantitative estimate of drug-likeness (QED) is 0.686. The molecule has 0 aromatic heterocycles. The van der Waals surface area contributed by atoms with E-state index in [4.69, 9.17) is 0 Å². The van der Waals surface area contributed by atoms with Gasteiger partial charge in [0.2, 0.25) is 0 Å². The predicted octanol–water partition coefficient (Wildman–Crippen LogP) is 4.04. The van der Waals surface area contributed by atoms with Crippen LogP contribution >= 0.6 is 0 Å². The molecule has 2 nitrogen and oxygen atoms in total. The van der Waals surface area contributed by atoms with Crippen LogP contribution in [-0.4, -0.2) is 22.4 Å². The van der Waals surface area contributed by atoms with Crippen LogP contribution in [0.15, 0.2) is 0 Å². The Hall–Kier alpha value is -0.0800. The van der Waals surface area contributed by atoms with Crippen LogP contribution in [0.25, 0.3) is 0 Å². The number of hydrogen-bond donors (Lipinski definition) is 2. The van der Waals surface area contributed by atoms with Gasteiger partial charge in [-0.1, -0.05) is 58.3 Å². The predicted molar refractivity (Wildman–Crippen MR) is 76.6 cm³/mol. The van der Waals surface area contributed by atoms with Gasteiger partial charge in [0.1, 0.15) is 0 Å². The summed E-state index contributed by atoms with van der Waals surface area (Å²) in [6.45, 7) is 2.16. The van der Waals surface area contributed by atoms with Crippen molar-refractivity contribution in [2.24, 2.45) is 5.92 Å². The summed E-state index contributed by atoms with van der Waals surface area (Å²) < 4.78 is 0. The molecule has 2 heteroatoms. The zero-order valence-electron chi connectivity index (χ0n) is 12.1. The second kappa shape index (κ2) is 9.80. The standard InChI is InChI=1S/C16H32O2/c1-14-12-15(17)10-8-6-4-2-3-5-7-9-11-16(18)13-14/h14-18H,2-13H2,1H3. The Morgan fingerprint density at radius 3 is 1.33 bits per heavy atom. The summed E-state index contributed by atoms with van der Waals surface area (Å²) in [6.07, 6.45) is 13.5. The SMILES string of the molecule is CC1CC(O)CCCCCCCCCCC(O)C1. The summed E-state index contributed by atoms with van der Waals surface area (Å²) in [5.74, 6) is 0.445. The Morgan fingerprint density at radius 2 is 0.944 bits per heavy atom. The number of aliphatic hydroxyl groups is 2. The molecule has 0 aromatic carbocycles. The van der Waals surface area contributed by atoms with Gasteiger partial charge in [-0.3, -0.25) is 0 Å². The highest BCUT2D eigenvalue weighted by atomic mass is 16.3. The highest BCUT2D eigenvalue weighted by molar-refractivity contribution is 4.67. The van der Waals surface area contributed by atoms with E-state index in [2.05, 4.69) is 6.92 Å². The zero-order valence-corrected chi connectivity index (χ0v) is 12.1. The lowest BCUT2D eigenvalue weighted by atomic mass is 9.93. The van der Waals surface area contributed by atoms with Crippen molar-refractivity contribution >= 4 is 0 Å². The molecule has 2 unspecified atom stereocenters. The second-order valence-corrected chi connectivity index (χ2v) is 6.29. The molecule has 0 bridgehead atoms. The normalized spacial score (nSPS) is 34.5. The number of aliphatic hydroxyl groups excluding tert-OH is 2. The van der Waals surface area contributed by atoms with E-state index in [0.717, 1.165) is 38.5 Å². The maximum Gasteiger partial charge on any atom is 0.0542 e. The third kappa shape index (κ3) is 8.10. The van der Waals surface area contributed by atoms with Crippen LogP contribution in [-0.2, 0) is 0 Å². The van der Waals surface area contributed by atoms with Crippen LogP contribution in [0.4, 0.5) is 0 Å². The van der Waals surface area contributed by atoms with E-state index in [1.807, 2.05) is 0 Å². The topological polar surface area (TPSA) is 40.5 Å². The maximum atomic E-state index is 9.95. The summed E-state index contributed by atoms with van der Waals surface area (Å²) in [5, 5.41) is 19.9. The van der Waals surface area contributed by atoms with Crippen LogP contribution in [0.5, 0.6) is 0 Å². The molecular weight excluding hydrogens is 224 g/mol. The first-order valence-electron chi connectivity index (χ1n) is 8.04. The number of hydrogen-bond acceptors (Lipinski definition) is 2. The fourth-order valence-electron chi connectivity index (χ4n) is 3.08. The highest BCUT2D eigenvalue weighted by Gasteiger charge is 2.14. The largest absolute Gasteiger partial charge is 0.393 e. The molecule has 1 aliphatic carbocycles. The molecule has 0 spiro atoms. The van der Waals surface area contributed by atoms with Gasteiger partial charge in [-0.15, -0.1) is 0 Å². The van der Waals surface area contributed by atoms with Crippen LogP contribution in [0.1, 0.15) is 84.0 Å². The maximum absolute atomic E-state index is 9.95. The molecule has 1 fully saturated rings. The minimum Gasteiger partial charge on any atom is -0.393 e. The average molecular weight is 256 g/mol. The Balaban J connectivity index is 2.31. The van der Waals surface area contributed by atoms with Crippen molar-refractivity contribution in [1.82, 2.24) is 0 Å². The van der Waals surface area contributed by atoms with Gasteiger partial charge in [-0.25, -0.2) is 0 Å². The van der Waals surface area contributed by atoms with Crippen LogP contribution < -0.4 is 0 Å². The molecule has 1 saturated carbocycles. The monoisotopic (exact) mass is 256 g/mol. The van der Waals surface area contributed by atoms with Crippen LogP contribution in [0.3, 0.4) is 0 Å². The van der Waals surface area contributed by atoms with Crippen LogP contribution in [0.2, 0.25) is 0 Å². The van der Waals surface area contributed by atoms with Gasteiger partial charge in [0, 0.05) is 0 Å². The molecule has 0 heterocycles. The van der Waals surface area contributed by atoms with Crippen molar-refractivity contribution in [3.8, 4) is 0 Å². The smallest absolute Gasteiger partial charge is 0.0542 e. The first kappa shape index (κ1) is 16.0. The minimum atomic E-state index is -0.155. The fourth-order valence-corrected chi connectivity index (χ4v) is 3.08. The van der Waals surface area contributed by atoms with Gasteiger partial charge in [-0.05, 0) is 31.6 Å². The molecule has 0 amide bonds. The van der Waals surface area contributed by atoms with Crippen molar-refractivity contribution in [1.29, 1.82) is 0 Å². The van der Waals surface area contributed by atoms with Crippen molar-refractivity contribution < 1.29 is 10.2 Å². The Kier molecular flexibility index (Phi) is 8.70. The van der Waals surface area contributed by atoms with E-state index in [-0.39, 0.29) is 12.2 Å².